The molecule has 1 N–H and O–H groups in total. The van der Waals surface area contributed by atoms with Gasteiger partial charge in [-0.05, 0) is 48.9 Å². The Hall–Kier alpha value is -3.33. The first-order chi connectivity index (χ1) is 13.6. The highest BCUT2D eigenvalue weighted by atomic mass is 79.9. The lowest BCUT2D eigenvalue weighted by Gasteiger charge is -2.03. The summed E-state index contributed by atoms with van der Waals surface area (Å²) in [5, 5.41) is 10.7. The Bertz CT molecular complexity index is 1100. The fourth-order valence-corrected chi connectivity index (χ4v) is 2.82. The van der Waals surface area contributed by atoms with E-state index in [1.165, 1.54) is 0 Å². The maximum atomic E-state index is 12.4. The lowest BCUT2D eigenvalue weighted by molar-refractivity contribution is 0.102. The number of carbonyl (C=O) groups excluding carboxylic acids is 1. The average molecular weight is 439 g/mol. The Kier molecular flexibility index (Phi) is 4.98. The molecule has 2 heterocycles. The summed E-state index contributed by atoms with van der Waals surface area (Å²) < 4.78 is 7.80. The van der Waals surface area contributed by atoms with Gasteiger partial charge in [-0.3, -0.25) is 10.1 Å². The van der Waals surface area contributed by atoms with Crippen molar-refractivity contribution in [2.45, 2.75) is 13.5 Å². The molecule has 0 unspecified atom stereocenters. The highest BCUT2D eigenvalue weighted by Gasteiger charge is 2.11. The molecule has 0 atom stereocenters. The number of halogens is 1. The van der Waals surface area contributed by atoms with Crippen LogP contribution in [-0.4, -0.2) is 30.8 Å². The molecule has 0 radical (unpaired) electrons. The smallest absolute Gasteiger partial charge is 0.258 e. The number of benzene rings is 2. The quantitative estimate of drug-likeness (QED) is 0.509. The summed E-state index contributed by atoms with van der Waals surface area (Å²) in [4.78, 5) is 20.7. The second-order valence-corrected chi connectivity index (χ2v) is 6.99. The monoisotopic (exact) mass is 438 g/mol. The average Bonchev–Trinajstić information content (AvgIpc) is 3.33. The summed E-state index contributed by atoms with van der Waals surface area (Å²) in [6.07, 6.45) is 1.58. The zero-order chi connectivity index (χ0) is 19.5. The SMILES string of the molecule is Cc1noc(-c2ccc(C(=O)Nc3ncn(Cc4ccc(Br)cc4)n3)cc2)n1. The molecule has 0 fully saturated rings. The van der Waals surface area contributed by atoms with Crippen LogP contribution in [0.5, 0.6) is 0 Å². The van der Waals surface area contributed by atoms with Gasteiger partial charge in [0.2, 0.25) is 5.95 Å². The van der Waals surface area contributed by atoms with Crippen molar-refractivity contribution in [2.75, 3.05) is 5.32 Å². The van der Waals surface area contributed by atoms with Crippen molar-refractivity contribution in [1.82, 2.24) is 24.9 Å². The lowest BCUT2D eigenvalue weighted by atomic mass is 10.1. The molecule has 2 aromatic carbocycles. The standard InChI is InChI=1S/C19H15BrN6O2/c1-12-22-18(28-25-12)15-6-4-14(5-7-15)17(27)23-19-21-11-26(24-19)10-13-2-8-16(20)9-3-13/h2-9,11H,10H2,1H3,(H,23,24,27). The number of carbonyl (C=O) groups is 1. The second kappa shape index (κ2) is 7.73. The maximum Gasteiger partial charge on any atom is 0.258 e. The highest BCUT2D eigenvalue weighted by Crippen LogP contribution is 2.18. The van der Waals surface area contributed by atoms with Crippen molar-refractivity contribution >= 4 is 27.8 Å². The van der Waals surface area contributed by atoms with E-state index in [1.54, 1.807) is 42.2 Å². The summed E-state index contributed by atoms with van der Waals surface area (Å²) in [6, 6.07) is 14.8. The molecule has 0 aliphatic rings. The van der Waals surface area contributed by atoms with E-state index in [9.17, 15) is 4.79 Å². The van der Waals surface area contributed by atoms with Gasteiger partial charge in [0.1, 0.15) is 6.33 Å². The Morgan fingerprint density at radius 3 is 2.57 bits per heavy atom. The first-order valence-corrected chi connectivity index (χ1v) is 9.22. The van der Waals surface area contributed by atoms with Gasteiger partial charge in [-0.1, -0.05) is 33.2 Å². The molecule has 0 saturated carbocycles. The first kappa shape index (κ1) is 18.1. The van der Waals surface area contributed by atoms with Gasteiger partial charge in [0.05, 0.1) is 6.54 Å². The van der Waals surface area contributed by atoms with Gasteiger partial charge in [-0.15, -0.1) is 5.10 Å². The number of amides is 1. The highest BCUT2D eigenvalue weighted by molar-refractivity contribution is 9.10. The normalized spacial score (nSPS) is 10.8. The number of hydrogen-bond donors (Lipinski definition) is 1. The third-order valence-electron chi connectivity index (χ3n) is 3.94. The molecule has 0 aliphatic heterocycles. The van der Waals surface area contributed by atoms with Gasteiger partial charge in [-0.2, -0.15) is 4.98 Å². The van der Waals surface area contributed by atoms with E-state index in [4.69, 9.17) is 4.52 Å². The van der Waals surface area contributed by atoms with Crippen LogP contribution in [0.4, 0.5) is 5.95 Å². The fraction of sp³-hybridized carbons (Fsp3) is 0.105. The van der Waals surface area contributed by atoms with Crippen LogP contribution in [0.1, 0.15) is 21.7 Å². The molecule has 1 amide bonds. The maximum absolute atomic E-state index is 12.4. The third-order valence-corrected chi connectivity index (χ3v) is 4.47. The Morgan fingerprint density at radius 1 is 1.14 bits per heavy atom. The fourth-order valence-electron chi connectivity index (χ4n) is 2.56. The first-order valence-electron chi connectivity index (χ1n) is 8.43. The van der Waals surface area contributed by atoms with E-state index >= 15 is 0 Å². The molecule has 0 bridgehead atoms. The van der Waals surface area contributed by atoms with Crippen molar-refractivity contribution < 1.29 is 9.32 Å². The molecule has 8 nitrogen and oxygen atoms in total. The zero-order valence-corrected chi connectivity index (χ0v) is 16.4. The van der Waals surface area contributed by atoms with Gasteiger partial charge < -0.3 is 4.52 Å². The van der Waals surface area contributed by atoms with Crippen molar-refractivity contribution in [3.05, 3.63) is 76.3 Å². The van der Waals surface area contributed by atoms with Crippen LogP contribution in [0.3, 0.4) is 0 Å². The minimum Gasteiger partial charge on any atom is -0.334 e. The Morgan fingerprint density at radius 2 is 1.89 bits per heavy atom. The molecule has 2 aromatic heterocycles. The number of nitrogens with zero attached hydrogens (tertiary/aromatic N) is 5. The van der Waals surface area contributed by atoms with Crippen LogP contribution >= 0.6 is 15.9 Å². The van der Waals surface area contributed by atoms with E-state index in [0.717, 1.165) is 15.6 Å². The molecule has 4 aromatic rings. The summed E-state index contributed by atoms with van der Waals surface area (Å²) in [7, 11) is 0. The number of rotatable bonds is 5. The van der Waals surface area contributed by atoms with Crippen LogP contribution in [-0.2, 0) is 6.54 Å². The molecule has 0 aliphatic carbocycles. The third kappa shape index (κ3) is 4.15. The van der Waals surface area contributed by atoms with Crippen LogP contribution in [0, 0.1) is 6.92 Å². The van der Waals surface area contributed by atoms with Crippen LogP contribution in [0.2, 0.25) is 0 Å². The van der Waals surface area contributed by atoms with E-state index in [-0.39, 0.29) is 11.9 Å². The van der Waals surface area contributed by atoms with E-state index in [2.05, 4.69) is 41.5 Å². The Labute approximate surface area is 168 Å². The van der Waals surface area contributed by atoms with Crippen LogP contribution in [0.15, 0.2) is 63.9 Å². The van der Waals surface area contributed by atoms with Crippen molar-refractivity contribution in [3.63, 3.8) is 0 Å². The molecule has 4 rings (SSSR count). The van der Waals surface area contributed by atoms with E-state index in [1.807, 2.05) is 24.3 Å². The predicted octanol–water partition coefficient (Wildman–Crippen LogP) is 3.70. The molecular weight excluding hydrogens is 424 g/mol. The Balaban J connectivity index is 1.41. The largest absolute Gasteiger partial charge is 0.334 e. The summed E-state index contributed by atoms with van der Waals surface area (Å²) >= 11 is 3.41. The van der Waals surface area contributed by atoms with Gasteiger partial charge in [0, 0.05) is 15.6 Å². The molecule has 9 heteroatoms. The summed E-state index contributed by atoms with van der Waals surface area (Å²) in [6.45, 7) is 2.31. The van der Waals surface area contributed by atoms with Gasteiger partial charge in [0.15, 0.2) is 5.82 Å². The number of nitrogens with one attached hydrogen (secondary N) is 1. The molecule has 28 heavy (non-hydrogen) atoms. The molecular formula is C19H15BrN6O2. The number of aromatic nitrogens is 5. The number of hydrogen-bond acceptors (Lipinski definition) is 6. The van der Waals surface area contributed by atoms with Gasteiger partial charge >= 0.3 is 0 Å². The van der Waals surface area contributed by atoms with E-state index < -0.39 is 0 Å². The molecule has 140 valence electrons. The van der Waals surface area contributed by atoms with Crippen molar-refractivity contribution in [2.24, 2.45) is 0 Å². The molecule has 0 spiro atoms. The second-order valence-electron chi connectivity index (χ2n) is 6.07. The molecule has 0 saturated heterocycles. The van der Waals surface area contributed by atoms with Gasteiger partial charge in [0.25, 0.3) is 11.8 Å². The predicted molar refractivity (Wildman–Crippen MR) is 106 cm³/mol. The zero-order valence-electron chi connectivity index (χ0n) is 14.8. The van der Waals surface area contributed by atoms with Crippen LogP contribution < -0.4 is 5.32 Å². The number of anilines is 1. The lowest BCUT2D eigenvalue weighted by Crippen LogP contribution is -2.13. The summed E-state index contributed by atoms with van der Waals surface area (Å²) in [5.74, 6) is 0.924. The van der Waals surface area contributed by atoms with Crippen molar-refractivity contribution in [3.8, 4) is 11.5 Å². The minimum absolute atomic E-state index is 0.249. The van der Waals surface area contributed by atoms with Crippen LogP contribution in [0.25, 0.3) is 11.5 Å². The van der Waals surface area contributed by atoms with Gasteiger partial charge in [-0.25, -0.2) is 9.67 Å². The topological polar surface area (TPSA) is 98.7 Å². The van der Waals surface area contributed by atoms with E-state index in [0.29, 0.717) is 23.8 Å². The van der Waals surface area contributed by atoms with Crippen molar-refractivity contribution in [1.29, 1.82) is 0 Å². The number of aryl methyl sites for hydroxylation is 1. The minimum atomic E-state index is -0.297. The summed E-state index contributed by atoms with van der Waals surface area (Å²) in [5.41, 5.74) is 2.30.